The number of carbonyl (C=O) groups is 2. The van der Waals surface area contributed by atoms with E-state index in [4.69, 9.17) is 4.74 Å². The zero-order valence-electron chi connectivity index (χ0n) is 16.5. The Kier molecular flexibility index (Phi) is 5.68. The Balaban J connectivity index is 1.54. The van der Waals surface area contributed by atoms with Crippen LogP contribution in [0.15, 0.2) is 30.3 Å². The standard InChI is InChI=1S/C22H28N2O3/c1-5-17-6-8-18(9-7-17)15(3)23-21(25)13-27-22(26)20-12-14(2)24(16(20)4)19-10-11-19/h6-9,12,15,19H,5,10-11,13H2,1-4H3,(H,23,25)/t15-/m0/s1. The normalized spacial score (nSPS) is 14.7. The van der Waals surface area contributed by atoms with Gasteiger partial charge in [-0.05, 0) is 57.2 Å². The Labute approximate surface area is 160 Å². The minimum Gasteiger partial charge on any atom is -0.452 e. The molecule has 0 saturated heterocycles. The minimum absolute atomic E-state index is 0.137. The Morgan fingerprint density at radius 2 is 1.89 bits per heavy atom. The molecule has 1 saturated carbocycles. The van der Waals surface area contributed by atoms with Gasteiger partial charge in [-0.3, -0.25) is 4.79 Å². The van der Waals surface area contributed by atoms with Gasteiger partial charge in [-0.2, -0.15) is 0 Å². The summed E-state index contributed by atoms with van der Waals surface area (Å²) < 4.78 is 7.44. The number of aryl methyl sites for hydroxylation is 2. The second-order valence-corrected chi connectivity index (χ2v) is 7.35. The predicted molar refractivity (Wildman–Crippen MR) is 105 cm³/mol. The highest BCUT2D eigenvalue weighted by Gasteiger charge is 2.28. The second-order valence-electron chi connectivity index (χ2n) is 7.35. The molecule has 5 heteroatoms. The number of esters is 1. The molecule has 27 heavy (non-hydrogen) atoms. The van der Waals surface area contributed by atoms with Crippen LogP contribution in [0.1, 0.15) is 71.6 Å². The van der Waals surface area contributed by atoms with Crippen LogP contribution in [0.3, 0.4) is 0 Å². The fourth-order valence-corrected chi connectivity index (χ4v) is 3.50. The highest BCUT2D eigenvalue weighted by molar-refractivity contribution is 5.92. The van der Waals surface area contributed by atoms with Crippen LogP contribution in [-0.4, -0.2) is 23.1 Å². The average Bonchev–Trinajstić information content (AvgIpc) is 3.44. The summed E-state index contributed by atoms with van der Waals surface area (Å²) in [7, 11) is 0. The summed E-state index contributed by atoms with van der Waals surface area (Å²) in [6, 6.07) is 10.4. The third-order valence-electron chi connectivity index (χ3n) is 5.22. The van der Waals surface area contributed by atoms with Crippen LogP contribution in [-0.2, 0) is 16.0 Å². The lowest BCUT2D eigenvalue weighted by atomic mass is 10.1. The molecule has 0 unspecified atom stereocenters. The van der Waals surface area contributed by atoms with Crippen LogP contribution < -0.4 is 5.32 Å². The van der Waals surface area contributed by atoms with Crippen molar-refractivity contribution in [1.82, 2.24) is 9.88 Å². The number of aromatic nitrogens is 1. The molecule has 1 amide bonds. The number of hydrogen-bond acceptors (Lipinski definition) is 3. The van der Waals surface area contributed by atoms with Gasteiger partial charge in [0.2, 0.25) is 0 Å². The van der Waals surface area contributed by atoms with E-state index in [1.807, 2.05) is 39.0 Å². The minimum atomic E-state index is -0.440. The first-order chi connectivity index (χ1) is 12.9. The molecule has 1 aliphatic carbocycles. The maximum atomic E-state index is 12.4. The Hall–Kier alpha value is -2.56. The number of amides is 1. The maximum Gasteiger partial charge on any atom is 0.340 e. The Morgan fingerprint density at radius 3 is 2.48 bits per heavy atom. The van der Waals surface area contributed by atoms with Crippen molar-refractivity contribution in [2.45, 2.75) is 59.0 Å². The van der Waals surface area contributed by atoms with Crippen molar-refractivity contribution in [3.05, 3.63) is 58.4 Å². The summed E-state index contributed by atoms with van der Waals surface area (Å²) in [5.41, 5.74) is 4.82. The number of ether oxygens (including phenoxy) is 1. The molecule has 144 valence electrons. The lowest BCUT2D eigenvalue weighted by molar-refractivity contribution is -0.124. The van der Waals surface area contributed by atoms with Gasteiger partial charge in [-0.25, -0.2) is 4.79 Å². The molecule has 0 spiro atoms. The van der Waals surface area contributed by atoms with Crippen molar-refractivity contribution in [2.75, 3.05) is 6.61 Å². The number of carbonyl (C=O) groups excluding carboxylic acids is 2. The summed E-state index contributed by atoms with van der Waals surface area (Å²) in [6.45, 7) is 7.69. The van der Waals surface area contributed by atoms with Crippen LogP contribution in [0.2, 0.25) is 0 Å². The molecule has 0 bridgehead atoms. The van der Waals surface area contributed by atoms with Crippen LogP contribution in [0.4, 0.5) is 0 Å². The van der Waals surface area contributed by atoms with E-state index in [2.05, 4.69) is 28.9 Å². The lowest BCUT2D eigenvalue weighted by Gasteiger charge is -2.15. The van der Waals surface area contributed by atoms with E-state index in [0.717, 1.165) is 36.2 Å². The van der Waals surface area contributed by atoms with Gasteiger partial charge in [0.25, 0.3) is 5.91 Å². The van der Waals surface area contributed by atoms with Crippen LogP contribution in [0.5, 0.6) is 0 Å². The van der Waals surface area contributed by atoms with Gasteiger partial charge in [0, 0.05) is 17.4 Å². The number of hydrogen-bond donors (Lipinski definition) is 1. The molecule has 1 aliphatic rings. The van der Waals surface area contributed by atoms with E-state index in [9.17, 15) is 9.59 Å². The van der Waals surface area contributed by atoms with Gasteiger partial charge in [0.1, 0.15) is 0 Å². The summed E-state index contributed by atoms with van der Waals surface area (Å²) in [6.07, 6.45) is 3.30. The summed E-state index contributed by atoms with van der Waals surface area (Å²) in [5.74, 6) is -0.739. The first-order valence-electron chi connectivity index (χ1n) is 9.64. The number of rotatable bonds is 7. The van der Waals surface area contributed by atoms with Crippen molar-refractivity contribution >= 4 is 11.9 Å². The van der Waals surface area contributed by atoms with Crippen molar-refractivity contribution < 1.29 is 14.3 Å². The Morgan fingerprint density at radius 1 is 1.22 bits per heavy atom. The molecule has 5 nitrogen and oxygen atoms in total. The van der Waals surface area contributed by atoms with E-state index < -0.39 is 5.97 Å². The average molecular weight is 368 g/mol. The first-order valence-corrected chi connectivity index (χ1v) is 9.64. The van der Waals surface area contributed by atoms with E-state index in [1.54, 1.807) is 0 Å². The van der Waals surface area contributed by atoms with Crippen LogP contribution in [0, 0.1) is 13.8 Å². The molecule has 1 aromatic heterocycles. The maximum absolute atomic E-state index is 12.4. The van der Waals surface area contributed by atoms with Crippen molar-refractivity contribution in [3.63, 3.8) is 0 Å². The molecule has 1 N–H and O–H groups in total. The van der Waals surface area contributed by atoms with Gasteiger partial charge in [-0.1, -0.05) is 31.2 Å². The fraction of sp³-hybridized carbons (Fsp3) is 0.455. The smallest absolute Gasteiger partial charge is 0.340 e. The monoisotopic (exact) mass is 368 g/mol. The molecule has 3 rings (SSSR count). The SMILES string of the molecule is CCc1ccc([C@H](C)NC(=O)COC(=O)c2cc(C)n(C3CC3)c2C)cc1. The highest BCUT2D eigenvalue weighted by Crippen LogP contribution is 2.38. The quantitative estimate of drug-likeness (QED) is 0.751. The first kappa shape index (κ1) is 19.2. The van der Waals surface area contributed by atoms with Gasteiger partial charge >= 0.3 is 5.97 Å². The zero-order chi connectivity index (χ0) is 19.6. The molecule has 1 aromatic carbocycles. The molecule has 0 radical (unpaired) electrons. The van der Waals surface area contributed by atoms with Crippen molar-refractivity contribution in [2.24, 2.45) is 0 Å². The third-order valence-corrected chi connectivity index (χ3v) is 5.22. The van der Waals surface area contributed by atoms with Gasteiger partial charge < -0.3 is 14.6 Å². The Bertz CT molecular complexity index is 832. The second kappa shape index (κ2) is 7.99. The number of nitrogens with one attached hydrogen (secondary N) is 1. The van der Waals surface area contributed by atoms with E-state index in [-0.39, 0.29) is 18.6 Å². The molecular formula is C22H28N2O3. The van der Waals surface area contributed by atoms with E-state index >= 15 is 0 Å². The van der Waals surface area contributed by atoms with Gasteiger partial charge in [0.15, 0.2) is 6.61 Å². The zero-order valence-corrected chi connectivity index (χ0v) is 16.5. The van der Waals surface area contributed by atoms with Crippen LogP contribution >= 0.6 is 0 Å². The third kappa shape index (κ3) is 4.41. The molecule has 1 heterocycles. The molecule has 1 fully saturated rings. The molecule has 0 aliphatic heterocycles. The highest BCUT2D eigenvalue weighted by atomic mass is 16.5. The summed E-state index contributed by atoms with van der Waals surface area (Å²) >= 11 is 0. The number of benzene rings is 1. The summed E-state index contributed by atoms with van der Waals surface area (Å²) in [4.78, 5) is 24.6. The van der Waals surface area contributed by atoms with E-state index in [0.29, 0.717) is 11.6 Å². The van der Waals surface area contributed by atoms with Crippen LogP contribution in [0.25, 0.3) is 0 Å². The molecule has 2 aromatic rings. The van der Waals surface area contributed by atoms with Gasteiger partial charge in [-0.15, -0.1) is 0 Å². The summed E-state index contributed by atoms with van der Waals surface area (Å²) in [5, 5.41) is 2.88. The number of nitrogens with zero attached hydrogens (tertiary/aromatic N) is 1. The van der Waals surface area contributed by atoms with Crippen molar-refractivity contribution in [1.29, 1.82) is 0 Å². The van der Waals surface area contributed by atoms with Crippen molar-refractivity contribution in [3.8, 4) is 0 Å². The largest absolute Gasteiger partial charge is 0.452 e. The molecule has 1 atom stereocenters. The predicted octanol–water partition coefficient (Wildman–Crippen LogP) is 4.04. The molecular weight excluding hydrogens is 340 g/mol. The topological polar surface area (TPSA) is 60.3 Å². The van der Waals surface area contributed by atoms with E-state index in [1.165, 1.54) is 5.56 Å². The van der Waals surface area contributed by atoms with Gasteiger partial charge in [0.05, 0.1) is 11.6 Å². The fourth-order valence-electron chi connectivity index (χ4n) is 3.50. The lowest BCUT2D eigenvalue weighted by Crippen LogP contribution is -2.31.